The second-order valence-corrected chi connectivity index (χ2v) is 3.83. The van der Waals surface area contributed by atoms with E-state index in [2.05, 4.69) is 5.32 Å². The number of nitro groups is 1. The molecule has 0 aromatic heterocycles. The lowest BCUT2D eigenvalue weighted by Gasteiger charge is -2.23. The largest absolute Gasteiger partial charge is 0.348 e. The minimum absolute atomic E-state index is 0.117. The summed E-state index contributed by atoms with van der Waals surface area (Å²) >= 11 is 0. The molecule has 0 spiro atoms. The van der Waals surface area contributed by atoms with Crippen LogP contribution in [0.2, 0.25) is 0 Å². The highest BCUT2D eigenvalue weighted by Gasteiger charge is 2.41. The van der Waals surface area contributed by atoms with Crippen LogP contribution in [-0.4, -0.2) is 23.2 Å². The maximum atomic E-state index is 11.0. The van der Waals surface area contributed by atoms with Crippen molar-refractivity contribution in [3.63, 3.8) is 0 Å². The summed E-state index contributed by atoms with van der Waals surface area (Å²) in [6.45, 7) is 3.60. The Labute approximate surface area is 99.5 Å². The third-order valence-electron chi connectivity index (χ3n) is 2.32. The summed E-state index contributed by atoms with van der Waals surface area (Å²) in [5.41, 5.74) is -0.923. The van der Waals surface area contributed by atoms with Gasteiger partial charge in [0.2, 0.25) is 5.91 Å². The molecule has 0 radical (unpaired) electrons. The van der Waals surface area contributed by atoms with E-state index >= 15 is 0 Å². The molecular weight excluding hydrogens is 224 g/mol. The maximum absolute atomic E-state index is 11.0. The summed E-state index contributed by atoms with van der Waals surface area (Å²) in [7, 11) is 0. The lowest BCUT2D eigenvalue weighted by atomic mass is 10.0. The molecule has 6 nitrogen and oxygen atoms in total. The number of rotatable bonds is 5. The summed E-state index contributed by atoms with van der Waals surface area (Å²) in [5.74, 6) is -0.205. The zero-order valence-electron chi connectivity index (χ0n) is 9.93. The van der Waals surface area contributed by atoms with E-state index in [1.54, 1.807) is 6.08 Å². The van der Waals surface area contributed by atoms with Crippen LogP contribution in [0.15, 0.2) is 23.9 Å². The van der Waals surface area contributed by atoms with Gasteiger partial charge in [-0.2, -0.15) is 0 Å². The zero-order valence-corrected chi connectivity index (χ0v) is 9.93. The summed E-state index contributed by atoms with van der Waals surface area (Å²) in [6.07, 6.45) is 5.31. The van der Waals surface area contributed by atoms with Gasteiger partial charge in [0.05, 0.1) is 18.0 Å². The number of ether oxygens (including phenoxy) is 1. The highest BCUT2D eigenvalue weighted by Crippen LogP contribution is 2.25. The van der Waals surface area contributed by atoms with Crippen LogP contribution in [0.5, 0.6) is 0 Å². The fourth-order valence-electron chi connectivity index (χ4n) is 1.48. The molecule has 1 rings (SSSR count). The molecule has 0 heterocycles. The van der Waals surface area contributed by atoms with Gasteiger partial charge < -0.3 is 10.1 Å². The van der Waals surface area contributed by atoms with E-state index in [0.29, 0.717) is 18.7 Å². The molecule has 0 bridgehead atoms. The lowest BCUT2D eigenvalue weighted by molar-refractivity contribution is -0.613. The van der Waals surface area contributed by atoms with Gasteiger partial charge in [-0.3, -0.25) is 14.9 Å². The number of nitrogens with one attached hydrogen (secondary N) is 1. The van der Waals surface area contributed by atoms with Crippen molar-refractivity contribution in [1.29, 1.82) is 0 Å². The lowest BCUT2D eigenvalue weighted by Crippen LogP contribution is -2.41. The molecule has 0 aromatic rings. The van der Waals surface area contributed by atoms with E-state index in [-0.39, 0.29) is 12.3 Å². The van der Waals surface area contributed by atoms with Crippen molar-refractivity contribution in [2.75, 3.05) is 6.61 Å². The first-order valence-corrected chi connectivity index (χ1v) is 5.45. The Morgan fingerprint density at radius 2 is 2.41 bits per heavy atom. The Balaban J connectivity index is 2.74. The summed E-state index contributed by atoms with van der Waals surface area (Å²) in [4.78, 5) is 21.4. The summed E-state index contributed by atoms with van der Waals surface area (Å²) in [6, 6.07) is 0. The predicted octanol–water partition coefficient (Wildman–Crippen LogP) is 1.37. The molecule has 1 aliphatic rings. The van der Waals surface area contributed by atoms with Crippen LogP contribution in [0.4, 0.5) is 0 Å². The van der Waals surface area contributed by atoms with Crippen LogP contribution in [-0.2, 0) is 9.53 Å². The minimum atomic E-state index is -1.49. The number of carbonyl (C=O) groups excluding carboxylic acids is 1. The van der Waals surface area contributed by atoms with Crippen molar-refractivity contribution >= 4 is 5.91 Å². The molecule has 0 aliphatic heterocycles. The fraction of sp³-hybridized carbons (Fsp3) is 0.545. The molecule has 17 heavy (non-hydrogen) atoms. The van der Waals surface area contributed by atoms with Gasteiger partial charge in [0.1, 0.15) is 0 Å². The number of hydrogen-bond donors (Lipinski definition) is 1. The van der Waals surface area contributed by atoms with Crippen molar-refractivity contribution in [3.8, 4) is 0 Å². The van der Waals surface area contributed by atoms with E-state index in [1.165, 1.54) is 19.1 Å². The van der Waals surface area contributed by atoms with E-state index in [1.807, 2.05) is 6.92 Å². The van der Waals surface area contributed by atoms with Gasteiger partial charge >= 0.3 is 5.72 Å². The number of carbonyl (C=O) groups is 1. The van der Waals surface area contributed by atoms with Crippen molar-refractivity contribution < 1.29 is 14.5 Å². The van der Waals surface area contributed by atoms with Crippen molar-refractivity contribution in [2.24, 2.45) is 0 Å². The Morgan fingerprint density at radius 1 is 1.71 bits per heavy atom. The van der Waals surface area contributed by atoms with Gasteiger partial charge in [0.15, 0.2) is 0 Å². The van der Waals surface area contributed by atoms with Crippen molar-refractivity contribution in [2.45, 2.75) is 32.4 Å². The molecule has 0 saturated heterocycles. The average Bonchev–Trinajstić information content (AvgIpc) is 2.27. The Morgan fingerprint density at radius 3 is 2.82 bits per heavy atom. The molecule has 1 unspecified atom stereocenters. The average molecular weight is 240 g/mol. The van der Waals surface area contributed by atoms with Crippen LogP contribution >= 0.6 is 0 Å². The van der Waals surface area contributed by atoms with Gasteiger partial charge in [-0.25, -0.2) is 0 Å². The molecule has 94 valence electrons. The quantitative estimate of drug-likeness (QED) is 0.447. The minimum Gasteiger partial charge on any atom is -0.327 e. The molecule has 1 N–H and O–H groups in total. The summed E-state index contributed by atoms with van der Waals surface area (Å²) < 4.78 is 5.29. The SMILES string of the molecule is CCCOC1([N+](=O)[O-])C=CC(NC(C)=O)=CC1. The Bertz CT molecular complexity index is 376. The van der Waals surface area contributed by atoms with Gasteiger partial charge in [-0.1, -0.05) is 13.0 Å². The van der Waals surface area contributed by atoms with Crippen LogP contribution in [0.1, 0.15) is 26.7 Å². The second kappa shape index (κ2) is 5.58. The Hall–Kier alpha value is -1.69. The molecule has 6 heteroatoms. The van der Waals surface area contributed by atoms with E-state index in [4.69, 9.17) is 4.74 Å². The Kier molecular flexibility index (Phi) is 4.39. The first-order chi connectivity index (χ1) is 8.00. The molecule has 1 atom stereocenters. The first kappa shape index (κ1) is 13.4. The monoisotopic (exact) mass is 240 g/mol. The first-order valence-electron chi connectivity index (χ1n) is 5.45. The fourth-order valence-corrected chi connectivity index (χ4v) is 1.48. The highest BCUT2D eigenvalue weighted by atomic mass is 16.7. The highest BCUT2D eigenvalue weighted by molar-refractivity contribution is 5.75. The molecule has 0 aromatic carbocycles. The van der Waals surface area contributed by atoms with Crippen molar-refractivity contribution in [1.82, 2.24) is 5.32 Å². The third kappa shape index (κ3) is 3.39. The topological polar surface area (TPSA) is 81.5 Å². The molecule has 0 fully saturated rings. The smallest absolute Gasteiger partial charge is 0.327 e. The van der Waals surface area contributed by atoms with Crippen LogP contribution < -0.4 is 5.32 Å². The van der Waals surface area contributed by atoms with Gasteiger partial charge in [-0.05, 0) is 12.5 Å². The number of allylic oxidation sites excluding steroid dienone is 1. The summed E-state index contributed by atoms with van der Waals surface area (Å²) in [5, 5.41) is 13.6. The standard InChI is InChI=1S/C11H16N2O4/c1-3-8-17-11(13(15)16)6-4-10(5-7-11)12-9(2)14/h4-6H,3,7-8H2,1-2H3,(H,12,14). The van der Waals surface area contributed by atoms with Gasteiger partial charge in [-0.15, -0.1) is 0 Å². The van der Waals surface area contributed by atoms with Crippen LogP contribution in [0, 0.1) is 10.1 Å². The second-order valence-electron chi connectivity index (χ2n) is 3.83. The maximum Gasteiger partial charge on any atom is 0.348 e. The molecule has 1 aliphatic carbocycles. The number of nitrogens with zero attached hydrogens (tertiary/aromatic N) is 1. The van der Waals surface area contributed by atoms with E-state index in [9.17, 15) is 14.9 Å². The van der Waals surface area contributed by atoms with Crippen LogP contribution in [0.25, 0.3) is 0 Å². The van der Waals surface area contributed by atoms with Gasteiger partial charge in [0.25, 0.3) is 0 Å². The van der Waals surface area contributed by atoms with Crippen molar-refractivity contribution in [3.05, 3.63) is 34.0 Å². The molecule has 0 saturated carbocycles. The van der Waals surface area contributed by atoms with Gasteiger partial charge in [0, 0.05) is 18.7 Å². The molecule has 1 amide bonds. The predicted molar refractivity (Wildman–Crippen MR) is 61.6 cm³/mol. The molecular formula is C11H16N2O4. The van der Waals surface area contributed by atoms with E-state index in [0.717, 1.165) is 0 Å². The zero-order chi connectivity index (χ0) is 12.9. The number of hydrogen-bond acceptors (Lipinski definition) is 4. The number of amides is 1. The normalized spacial score (nSPS) is 23.1. The third-order valence-corrected chi connectivity index (χ3v) is 2.32. The van der Waals surface area contributed by atoms with Crippen LogP contribution in [0.3, 0.4) is 0 Å². The van der Waals surface area contributed by atoms with E-state index < -0.39 is 10.6 Å².